The van der Waals surface area contributed by atoms with Gasteiger partial charge in [-0.25, -0.2) is 12.8 Å². The number of hydrogen-bond acceptors (Lipinski definition) is 3. The topological polar surface area (TPSA) is 43.4 Å². The molecule has 0 aliphatic carbocycles. The van der Waals surface area contributed by atoms with E-state index >= 15 is 0 Å². The zero-order valence-electron chi connectivity index (χ0n) is 9.45. The van der Waals surface area contributed by atoms with Crippen molar-refractivity contribution in [2.24, 2.45) is 0 Å². The molecule has 6 heteroatoms. The molecule has 1 rings (SSSR count). The lowest BCUT2D eigenvalue weighted by molar-refractivity contribution is 0.316. The van der Waals surface area contributed by atoms with Crippen LogP contribution < -0.4 is 4.74 Å². The van der Waals surface area contributed by atoms with E-state index < -0.39 is 15.7 Å². The van der Waals surface area contributed by atoms with E-state index in [9.17, 15) is 12.8 Å². The summed E-state index contributed by atoms with van der Waals surface area (Å²) in [6, 6.07) is 4.21. The van der Waals surface area contributed by atoms with Crippen LogP contribution in [-0.2, 0) is 15.7 Å². The van der Waals surface area contributed by atoms with Crippen LogP contribution >= 0.6 is 11.6 Å². The van der Waals surface area contributed by atoms with E-state index in [1.807, 2.05) is 0 Å². The van der Waals surface area contributed by atoms with Crippen LogP contribution in [0.1, 0.15) is 12.0 Å². The molecule has 0 amide bonds. The van der Waals surface area contributed by atoms with Crippen LogP contribution in [0.2, 0.25) is 0 Å². The predicted octanol–water partition coefficient (Wildman–Crippen LogP) is 2.38. The second kappa shape index (κ2) is 6.21. The molecule has 0 saturated carbocycles. The molecule has 0 radical (unpaired) electrons. The highest BCUT2D eigenvalue weighted by atomic mass is 35.5. The summed E-state index contributed by atoms with van der Waals surface area (Å²) in [4.78, 5) is 0. The van der Waals surface area contributed by atoms with E-state index in [-0.39, 0.29) is 18.2 Å². The monoisotopic (exact) mass is 280 g/mol. The minimum atomic E-state index is -2.97. The molecule has 0 spiro atoms. The largest absolute Gasteiger partial charge is 0.493 e. The Morgan fingerprint density at radius 1 is 1.35 bits per heavy atom. The summed E-state index contributed by atoms with van der Waals surface area (Å²) in [7, 11) is -2.97. The zero-order chi connectivity index (χ0) is 12.9. The van der Waals surface area contributed by atoms with Crippen LogP contribution in [-0.4, -0.2) is 27.0 Å². The van der Waals surface area contributed by atoms with Gasteiger partial charge in [0.25, 0.3) is 0 Å². The summed E-state index contributed by atoms with van der Waals surface area (Å²) in [6.45, 7) is 0.234. The van der Waals surface area contributed by atoms with Gasteiger partial charge in [0.05, 0.1) is 12.4 Å². The van der Waals surface area contributed by atoms with Gasteiger partial charge in [-0.15, -0.1) is 11.6 Å². The molecule has 0 aromatic heterocycles. The van der Waals surface area contributed by atoms with Crippen LogP contribution in [0.4, 0.5) is 4.39 Å². The van der Waals surface area contributed by atoms with Crippen molar-refractivity contribution >= 4 is 21.4 Å². The van der Waals surface area contributed by atoms with Crippen LogP contribution in [0.5, 0.6) is 5.75 Å². The zero-order valence-corrected chi connectivity index (χ0v) is 11.0. The van der Waals surface area contributed by atoms with Gasteiger partial charge in [-0.3, -0.25) is 0 Å². The third kappa shape index (κ3) is 5.89. The SMILES string of the molecule is CS(=O)(=O)CCCOc1cc(F)cc(CCl)c1. The number of halogens is 2. The molecule has 17 heavy (non-hydrogen) atoms. The summed E-state index contributed by atoms with van der Waals surface area (Å²) >= 11 is 5.59. The van der Waals surface area contributed by atoms with Gasteiger partial charge < -0.3 is 4.74 Å². The molecule has 0 fully saturated rings. The minimum Gasteiger partial charge on any atom is -0.493 e. The van der Waals surface area contributed by atoms with Gasteiger partial charge in [0.2, 0.25) is 0 Å². The van der Waals surface area contributed by atoms with E-state index in [0.29, 0.717) is 17.7 Å². The number of hydrogen-bond donors (Lipinski definition) is 0. The lowest BCUT2D eigenvalue weighted by atomic mass is 10.2. The van der Waals surface area contributed by atoms with Gasteiger partial charge in [-0.1, -0.05) is 0 Å². The molecule has 96 valence electrons. The van der Waals surface area contributed by atoms with Gasteiger partial charge >= 0.3 is 0 Å². The van der Waals surface area contributed by atoms with E-state index in [4.69, 9.17) is 16.3 Å². The Kier molecular flexibility index (Phi) is 5.21. The fourth-order valence-electron chi connectivity index (χ4n) is 1.29. The van der Waals surface area contributed by atoms with E-state index in [1.165, 1.54) is 18.4 Å². The van der Waals surface area contributed by atoms with Crippen LogP contribution in [0.15, 0.2) is 18.2 Å². The molecular formula is C11H14ClFO3S. The van der Waals surface area contributed by atoms with E-state index in [0.717, 1.165) is 0 Å². The standard InChI is InChI=1S/C11H14ClFO3S/c1-17(14,15)4-2-3-16-11-6-9(8-12)5-10(13)7-11/h5-7H,2-4,8H2,1H3. The molecule has 0 atom stereocenters. The maximum Gasteiger partial charge on any atom is 0.147 e. The van der Waals surface area contributed by atoms with Crippen molar-refractivity contribution in [1.82, 2.24) is 0 Å². The molecular weight excluding hydrogens is 267 g/mol. The van der Waals surface area contributed by atoms with Gasteiger partial charge in [-0.05, 0) is 24.1 Å². The van der Waals surface area contributed by atoms with Crippen molar-refractivity contribution in [1.29, 1.82) is 0 Å². The molecule has 1 aromatic rings. The molecule has 0 N–H and O–H groups in total. The molecule has 0 aliphatic rings. The van der Waals surface area contributed by atoms with Crippen molar-refractivity contribution < 1.29 is 17.5 Å². The summed E-state index contributed by atoms with van der Waals surface area (Å²) in [5.74, 6) is 0.220. The Bertz CT molecular complexity index is 474. The second-order valence-electron chi connectivity index (χ2n) is 3.76. The van der Waals surface area contributed by atoms with Gasteiger partial charge in [0.15, 0.2) is 0 Å². The first-order valence-electron chi connectivity index (χ1n) is 5.06. The summed E-state index contributed by atoms with van der Waals surface area (Å²) < 4.78 is 40.1. The highest BCUT2D eigenvalue weighted by Gasteiger charge is 2.04. The molecule has 0 unspecified atom stereocenters. The molecule has 0 aliphatic heterocycles. The smallest absolute Gasteiger partial charge is 0.147 e. The average molecular weight is 281 g/mol. The highest BCUT2D eigenvalue weighted by Crippen LogP contribution is 2.18. The lowest BCUT2D eigenvalue weighted by Gasteiger charge is -2.07. The van der Waals surface area contributed by atoms with E-state index in [2.05, 4.69) is 0 Å². The second-order valence-corrected chi connectivity index (χ2v) is 6.29. The highest BCUT2D eigenvalue weighted by molar-refractivity contribution is 7.90. The number of ether oxygens (including phenoxy) is 1. The van der Waals surface area contributed by atoms with Gasteiger partial charge in [0.1, 0.15) is 21.4 Å². The van der Waals surface area contributed by atoms with Crippen molar-refractivity contribution in [3.05, 3.63) is 29.6 Å². The summed E-state index contributed by atoms with van der Waals surface area (Å²) in [5.41, 5.74) is 0.629. The van der Waals surface area contributed by atoms with Crippen LogP contribution in [0.25, 0.3) is 0 Å². The third-order valence-corrected chi connectivity index (χ3v) is 3.35. The van der Waals surface area contributed by atoms with Crippen molar-refractivity contribution in [2.75, 3.05) is 18.6 Å². The van der Waals surface area contributed by atoms with Gasteiger partial charge in [0, 0.05) is 18.2 Å². The molecule has 0 heterocycles. The Hall–Kier alpha value is -0.810. The van der Waals surface area contributed by atoms with Crippen molar-refractivity contribution in [3.63, 3.8) is 0 Å². The number of rotatable bonds is 6. The normalized spacial score (nSPS) is 11.5. The predicted molar refractivity (Wildman–Crippen MR) is 65.8 cm³/mol. The van der Waals surface area contributed by atoms with Crippen molar-refractivity contribution in [3.8, 4) is 5.75 Å². The minimum absolute atomic E-state index is 0.0602. The molecule has 0 saturated heterocycles. The number of benzene rings is 1. The van der Waals surface area contributed by atoms with Crippen LogP contribution in [0.3, 0.4) is 0 Å². The van der Waals surface area contributed by atoms with Crippen molar-refractivity contribution in [2.45, 2.75) is 12.3 Å². The average Bonchev–Trinajstić information content (AvgIpc) is 2.22. The first-order chi connectivity index (χ1) is 7.90. The maximum atomic E-state index is 13.1. The Labute approximate surface area is 105 Å². The molecule has 0 bridgehead atoms. The quantitative estimate of drug-likeness (QED) is 0.593. The van der Waals surface area contributed by atoms with Gasteiger partial charge in [-0.2, -0.15) is 0 Å². The Morgan fingerprint density at radius 2 is 2.06 bits per heavy atom. The lowest BCUT2D eigenvalue weighted by Crippen LogP contribution is -2.08. The summed E-state index contributed by atoms with van der Waals surface area (Å²) in [5, 5.41) is 0. The maximum absolute atomic E-state index is 13.1. The Morgan fingerprint density at radius 3 is 2.65 bits per heavy atom. The number of sulfone groups is 1. The Balaban J connectivity index is 2.49. The fraction of sp³-hybridized carbons (Fsp3) is 0.455. The first-order valence-corrected chi connectivity index (χ1v) is 7.66. The third-order valence-electron chi connectivity index (χ3n) is 2.01. The molecule has 1 aromatic carbocycles. The van der Waals surface area contributed by atoms with Crippen LogP contribution in [0, 0.1) is 5.82 Å². The number of alkyl halides is 1. The van der Waals surface area contributed by atoms with E-state index in [1.54, 1.807) is 6.07 Å². The summed E-state index contributed by atoms with van der Waals surface area (Å²) in [6.07, 6.45) is 1.55. The molecule has 3 nitrogen and oxygen atoms in total. The first kappa shape index (κ1) is 14.3. The fourth-order valence-corrected chi connectivity index (χ4v) is 2.09.